The Morgan fingerprint density at radius 3 is 2.79 bits per heavy atom. The number of nitrogens with two attached hydrogens (primary N) is 1. The molecule has 0 saturated carbocycles. The second kappa shape index (κ2) is 6.66. The van der Waals surface area contributed by atoms with Crippen molar-refractivity contribution in [1.82, 2.24) is 15.0 Å². The normalized spacial score (nSPS) is 13.0. The molecule has 1 atom stereocenters. The molecule has 4 nitrogen and oxygen atoms in total. The summed E-state index contributed by atoms with van der Waals surface area (Å²) in [5.41, 5.74) is 8.91. The molecule has 0 fully saturated rings. The van der Waals surface area contributed by atoms with Crippen molar-refractivity contribution in [3.05, 3.63) is 23.8 Å². The lowest BCUT2D eigenvalue weighted by molar-refractivity contribution is 0.398. The fourth-order valence-corrected chi connectivity index (χ4v) is 2.58. The molecule has 0 aliphatic rings. The van der Waals surface area contributed by atoms with Gasteiger partial charge in [0.2, 0.25) is 0 Å². The molecule has 2 aromatic rings. The van der Waals surface area contributed by atoms with Crippen LogP contribution in [0.25, 0.3) is 11.0 Å². The topological polar surface area (TPSA) is 56.7 Å². The molecule has 19 heavy (non-hydrogen) atoms. The van der Waals surface area contributed by atoms with Crippen molar-refractivity contribution in [3.8, 4) is 0 Å². The highest BCUT2D eigenvalue weighted by atomic mass is 15.4. The van der Waals surface area contributed by atoms with E-state index in [1.807, 2.05) is 12.1 Å². The van der Waals surface area contributed by atoms with Gasteiger partial charge in [-0.3, -0.25) is 0 Å². The van der Waals surface area contributed by atoms with Crippen molar-refractivity contribution < 1.29 is 0 Å². The SMILES string of the molecule is CCCCCC(CC)n1nnc2c(CN)cccc21. The van der Waals surface area contributed by atoms with Crippen molar-refractivity contribution >= 4 is 11.0 Å². The number of unbranched alkanes of at least 4 members (excludes halogenated alkanes) is 2. The van der Waals surface area contributed by atoms with Gasteiger partial charge in [0.15, 0.2) is 0 Å². The van der Waals surface area contributed by atoms with E-state index in [0.717, 1.165) is 23.0 Å². The van der Waals surface area contributed by atoms with E-state index < -0.39 is 0 Å². The van der Waals surface area contributed by atoms with Crippen molar-refractivity contribution in [2.75, 3.05) is 0 Å². The van der Waals surface area contributed by atoms with E-state index in [4.69, 9.17) is 5.73 Å². The zero-order valence-corrected chi connectivity index (χ0v) is 12.0. The standard InChI is InChI=1S/C15H24N4/c1-3-5-6-9-13(4-2)19-14-10-7-8-12(11-16)15(14)17-18-19/h7-8,10,13H,3-6,9,11,16H2,1-2H3. The van der Waals surface area contributed by atoms with Gasteiger partial charge in [-0.2, -0.15) is 0 Å². The largest absolute Gasteiger partial charge is 0.326 e. The van der Waals surface area contributed by atoms with Crippen molar-refractivity contribution in [2.24, 2.45) is 5.73 Å². The molecule has 2 rings (SSSR count). The van der Waals surface area contributed by atoms with Crippen LogP contribution in [0.5, 0.6) is 0 Å². The number of fused-ring (bicyclic) bond motifs is 1. The quantitative estimate of drug-likeness (QED) is 0.776. The minimum atomic E-state index is 0.449. The molecule has 0 spiro atoms. The Bertz CT molecular complexity index is 518. The van der Waals surface area contributed by atoms with Gasteiger partial charge in [-0.05, 0) is 24.5 Å². The van der Waals surface area contributed by atoms with E-state index >= 15 is 0 Å². The van der Waals surface area contributed by atoms with Crippen LogP contribution in [0.15, 0.2) is 18.2 Å². The highest BCUT2D eigenvalue weighted by Gasteiger charge is 2.14. The van der Waals surface area contributed by atoms with Crippen molar-refractivity contribution in [2.45, 2.75) is 58.5 Å². The monoisotopic (exact) mass is 260 g/mol. The molecule has 0 saturated heterocycles. The predicted octanol–water partition coefficient (Wildman–Crippen LogP) is 3.42. The first-order chi connectivity index (χ1) is 9.31. The zero-order chi connectivity index (χ0) is 13.7. The first-order valence-corrected chi connectivity index (χ1v) is 7.34. The molecule has 0 bridgehead atoms. The second-order valence-corrected chi connectivity index (χ2v) is 5.08. The maximum absolute atomic E-state index is 5.75. The summed E-state index contributed by atoms with van der Waals surface area (Å²) in [5.74, 6) is 0. The third-order valence-electron chi connectivity index (χ3n) is 3.76. The highest BCUT2D eigenvalue weighted by molar-refractivity contribution is 5.78. The lowest BCUT2D eigenvalue weighted by Gasteiger charge is -2.15. The van der Waals surface area contributed by atoms with Gasteiger partial charge in [0, 0.05) is 6.54 Å². The van der Waals surface area contributed by atoms with E-state index in [2.05, 4.69) is 34.9 Å². The van der Waals surface area contributed by atoms with Crippen molar-refractivity contribution in [1.29, 1.82) is 0 Å². The van der Waals surface area contributed by atoms with Gasteiger partial charge < -0.3 is 5.73 Å². The van der Waals surface area contributed by atoms with Gasteiger partial charge >= 0.3 is 0 Å². The summed E-state index contributed by atoms with van der Waals surface area (Å²) < 4.78 is 2.09. The molecule has 0 aliphatic carbocycles. The van der Waals surface area contributed by atoms with Crippen LogP contribution in [0.1, 0.15) is 57.6 Å². The molecule has 2 N–H and O–H groups in total. The van der Waals surface area contributed by atoms with E-state index in [1.54, 1.807) is 0 Å². The average molecular weight is 260 g/mol. The molecular weight excluding hydrogens is 236 g/mol. The molecule has 0 amide bonds. The number of benzene rings is 1. The highest BCUT2D eigenvalue weighted by Crippen LogP contribution is 2.24. The average Bonchev–Trinajstić information content (AvgIpc) is 2.87. The van der Waals surface area contributed by atoms with Gasteiger partial charge in [-0.1, -0.05) is 50.5 Å². The molecular formula is C15H24N4. The van der Waals surface area contributed by atoms with Gasteiger partial charge in [0.1, 0.15) is 5.52 Å². The second-order valence-electron chi connectivity index (χ2n) is 5.08. The van der Waals surface area contributed by atoms with Crippen LogP contribution in [0.3, 0.4) is 0 Å². The molecule has 1 aromatic heterocycles. The molecule has 104 valence electrons. The predicted molar refractivity (Wildman–Crippen MR) is 78.9 cm³/mol. The minimum Gasteiger partial charge on any atom is -0.326 e. The van der Waals surface area contributed by atoms with Crippen LogP contribution in [0.4, 0.5) is 0 Å². The molecule has 1 aromatic carbocycles. The lowest BCUT2D eigenvalue weighted by atomic mass is 10.1. The summed E-state index contributed by atoms with van der Waals surface area (Å²) in [7, 11) is 0. The Labute approximate surface area is 115 Å². The first-order valence-electron chi connectivity index (χ1n) is 7.34. The van der Waals surface area contributed by atoms with Gasteiger partial charge in [0.05, 0.1) is 11.6 Å². The van der Waals surface area contributed by atoms with E-state index in [-0.39, 0.29) is 0 Å². The van der Waals surface area contributed by atoms with E-state index in [0.29, 0.717) is 12.6 Å². The number of hydrogen-bond acceptors (Lipinski definition) is 3. The third-order valence-corrected chi connectivity index (χ3v) is 3.76. The van der Waals surface area contributed by atoms with Gasteiger partial charge in [-0.25, -0.2) is 4.68 Å². The van der Waals surface area contributed by atoms with Crippen molar-refractivity contribution in [3.63, 3.8) is 0 Å². The van der Waals surface area contributed by atoms with Gasteiger partial charge in [0.25, 0.3) is 0 Å². The fourth-order valence-electron chi connectivity index (χ4n) is 2.58. The number of nitrogens with zero attached hydrogens (tertiary/aromatic N) is 3. The van der Waals surface area contributed by atoms with Crippen LogP contribution >= 0.6 is 0 Å². The Morgan fingerprint density at radius 2 is 2.11 bits per heavy atom. The Balaban J connectivity index is 2.28. The molecule has 0 radical (unpaired) electrons. The van der Waals surface area contributed by atoms with E-state index in [1.165, 1.54) is 25.7 Å². The van der Waals surface area contributed by atoms with E-state index in [9.17, 15) is 0 Å². The van der Waals surface area contributed by atoms with Crippen LogP contribution in [0, 0.1) is 0 Å². The first kappa shape index (κ1) is 14.0. The van der Waals surface area contributed by atoms with Crippen LogP contribution in [-0.2, 0) is 6.54 Å². The Morgan fingerprint density at radius 1 is 1.26 bits per heavy atom. The molecule has 1 heterocycles. The fraction of sp³-hybridized carbons (Fsp3) is 0.600. The molecule has 4 heteroatoms. The number of hydrogen-bond donors (Lipinski definition) is 1. The Kier molecular flexibility index (Phi) is 4.91. The Hall–Kier alpha value is -1.42. The maximum atomic E-state index is 5.75. The van der Waals surface area contributed by atoms with Crippen LogP contribution < -0.4 is 5.73 Å². The zero-order valence-electron chi connectivity index (χ0n) is 12.0. The van der Waals surface area contributed by atoms with Crippen LogP contribution in [-0.4, -0.2) is 15.0 Å². The van der Waals surface area contributed by atoms with Crippen LogP contribution in [0.2, 0.25) is 0 Å². The summed E-state index contributed by atoms with van der Waals surface area (Å²) in [6.07, 6.45) is 6.07. The third kappa shape index (κ3) is 2.95. The summed E-state index contributed by atoms with van der Waals surface area (Å²) in [4.78, 5) is 0. The molecule has 0 aliphatic heterocycles. The summed E-state index contributed by atoms with van der Waals surface area (Å²) in [6.45, 7) is 4.97. The number of rotatable bonds is 7. The smallest absolute Gasteiger partial charge is 0.117 e. The summed E-state index contributed by atoms with van der Waals surface area (Å²) in [5, 5.41) is 8.68. The summed E-state index contributed by atoms with van der Waals surface area (Å²) >= 11 is 0. The maximum Gasteiger partial charge on any atom is 0.117 e. The lowest BCUT2D eigenvalue weighted by Crippen LogP contribution is -2.10. The number of aromatic nitrogens is 3. The minimum absolute atomic E-state index is 0.449. The summed E-state index contributed by atoms with van der Waals surface area (Å²) in [6, 6.07) is 6.61. The van der Waals surface area contributed by atoms with Gasteiger partial charge in [-0.15, -0.1) is 5.10 Å². The molecule has 1 unspecified atom stereocenters.